The molecule has 0 spiro atoms. The molecular weight excluding hydrogens is 322 g/mol. The molecule has 0 saturated carbocycles. The Morgan fingerprint density at radius 3 is 2.68 bits per heavy atom. The zero-order valence-corrected chi connectivity index (χ0v) is 13.7. The number of halogens is 1. The number of alkyl halides is 1. The van der Waals surface area contributed by atoms with Crippen LogP contribution in [0.3, 0.4) is 0 Å². The molecule has 2 unspecified atom stereocenters. The Bertz CT molecular complexity index is 698. The number of carboxylic acid groups (broad SMARTS) is 1. The quantitative estimate of drug-likeness (QED) is 0.652. The molecule has 0 amide bonds. The number of allylic oxidation sites excluding steroid dienone is 1. The maximum atomic E-state index is 11.8. The van der Waals surface area contributed by atoms with Gasteiger partial charge in [-0.1, -0.05) is 61.5 Å². The zero-order chi connectivity index (χ0) is 16.0. The molecule has 0 aromatic heterocycles. The van der Waals surface area contributed by atoms with Crippen LogP contribution in [0.25, 0.3) is 5.70 Å². The van der Waals surface area contributed by atoms with Crippen molar-refractivity contribution in [1.82, 2.24) is 4.90 Å². The predicted molar refractivity (Wildman–Crippen MR) is 87.9 cm³/mol. The summed E-state index contributed by atoms with van der Waals surface area (Å²) < 4.78 is 0. The summed E-state index contributed by atoms with van der Waals surface area (Å²) in [6, 6.07) is 7.43. The van der Waals surface area contributed by atoms with E-state index >= 15 is 0 Å². The van der Waals surface area contributed by atoms with Crippen molar-refractivity contribution in [3.8, 4) is 0 Å². The molecule has 0 fully saturated rings. The SMILES string of the molecule is CC(C)C1=C(C(=O)O)N(C2=CC(O)c3ccccc32)C(Cl)S1. The van der Waals surface area contributed by atoms with E-state index in [4.69, 9.17) is 11.6 Å². The number of nitrogens with zero attached hydrogens (tertiary/aromatic N) is 1. The van der Waals surface area contributed by atoms with E-state index in [1.807, 2.05) is 38.1 Å². The summed E-state index contributed by atoms with van der Waals surface area (Å²) in [5.74, 6) is -0.927. The lowest BCUT2D eigenvalue weighted by Crippen LogP contribution is -2.27. The molecule has 0 radical (unpaired) electrons. The van der Waals surface area contributed by atoms with Crippen molar-refractivity contribution in [2.45, 2.75) is 24.8 Å². The van der Waals surface area contributed by atoms with Gasteiger partial charge in [-0.25, -0.2) is 4.79 Å². The molecule has 2 N–H and O–H groups in total. The number of aliphatic hydroxyl groups excluding tert-OH is 1. The molecule has 116 valence electrons. The van der Waals surface area contributed by atoms with Gasteiger partial charge in [-0.05, 0) is 17.6 Å². The van der Waals surface area contributed by atoms with Crippen LogP contribution in [0.15, 0.2) is 40.9 Å². The normalized spacial score (nSPS) is 24.0. The lowest BCUT2D eigenvalue weighted by molar-refractivity contribution is -0.134. The van der Waals surface area contributed by atoms with Crippen molar-refractivity contribution in [2.24, 2.45) is 5.92 Å². The van der Waals surface area contributed by atoms with Gasteiger partial charge in [0.2, 0.25) is 0 Å². The molecular formula is C16H16ClNO3S. The number of hydrogen-bond acceptors (Lipinski definition) is 4. The summed E-state index contributed by atoms with van der Waals surface area (Å²) in [6.45, 7) is 3.90. The van der Waals surface area contributed by atoms with Gasteiger partial charge in [-0.2, -0.15) is 0 Å². The van der Waals surface area contributed by atoms with Gasteiger partial charge in [-0.15, -0.1) is 0 Å². The Labute approximate surface area is 138 Å². The van der Waals surface area contributed by atoms with Crippen molar-refractivity contribution in [1.29, 1.82) is 0 Å². The zero-order valence-electron chi connectivity index (χ0n) is 12.2. The molecule has 1 aromatic carbocycles. The Balaban J connectivity index is 2.12. The maximum Gasteiger partial charge on any atom is 0.353 e. The van der Waals surface area contributed by atoms with E-state index in [9.17, 15) is 15.0 Å². The Hall–Kier alpha value is -1.43. The number of thioether (sulfide) groups is 1. The second-order valence-electron chi connectivity index (χ2n) is 5.54. The Kier molecular flexibility index (Phi) is 3.97. The van der Waals surface area contributed by atoms with Crippen LogP contribution >= 0.6 is 23.4 Å². The summed E-state index contributed by atoms with van der Waals surface area (Å²) in [5.41, 5.74) is 2.46. The molecule has 2 aliphatic rings. The Morgan fingerprint density at radius 1 is 1.36 bits per heavy atom. The van der Waals surface area contributed by atoms with E-state index in [1.54, 1.807) is 11.0 Å². The molecule has 4 nitrogen and oxygen atoms in total. The fourth-order valence-electron chi connectivity index (χ4n) is 2.81. The molecule has 6 heteroatoms. The average molecular weight is 338 g/mol. The number of carbonyl (C=O) groups is 1. The summed E-state index contributed by atoms with van der Waals surface area (Å²) >= 11 is 7.76. The second-order valence-corrected chi connectivity index (χ2v) is 7.33. The van der Waals surface area contributed by atoms with Gasteiger partial charge in [-0.3, -0.25) is 0 Å². The predicted octanol–water partition coefficient (Wildman–Crippen LogP) is 3.60. The smallest absolute Gasteiger partial charge is 0.353 e. The molecule has 2 atom stereocenters. The molecule has 3 rings (SSSR count). The number of rotatable bonds is 3. The number of fused-ring (bicyclic) bond motifs is 1. The van der Waals surface area contributed by atoms with E-state index in [-0.39, 0.29) is 11.6 Å². The number of benzene rings is 1. The first-order chi connectivity index (χ1) is 10.4. The summed E-state index contributed by atoms with van der Waals surface area (Å²) in [5, 5.41) is 19.8. The lowest BCUT2D eigenvalue weighted by Gasteiger charge is -2.25. The van der Waals surface area contributed by atoms with Crippen LogP contribution in [0, 0.1) is 5.92 Å². The molecule has 1 aromatic rings. The first-order valence-corrected chi connectivity index (χ1v) is 8.30. The fourth-order valence-corrected chi connectivity index (χ4v) is 4.40. The standard InChI is InChI=1S/C16H16ClNO3S/c1-8(2)14-13(15(20)21)18(16(17)22-14)11-7-12(19)10-6-4-3-5-9(10)11/h3-8,12,16,19H,1-2H3,(H,20,21). The number of aliphatic carboxylic acids is 1. The van der Waals surface area contributed by atoms with Gasteiger partial charge < -0.3 is 15.1 Å². The third-order valence-corrected chi connectivity index (χ3v) is 5.55. The fraction of sp³-hybridized carbons (Fsp3) is 0.312. The van der Waals surface area contributed by atoms with E-state index in [1.165, 1.54) is 11.8 Å². The van der Waals surface area contributed by atoms with Crippen LogP contribution < -0.4 is 0 Å². The van der Waals surface area contributed by atoms with Gasteiger partial charge in [0.1, 0.15) is 11.8 Å². The van der Waals surface area contributed by atoms with Crippen LogP contribution in [0.5, 0.6) is 0 Å². The minimum Gasteiger partial charge on any atom is -0.477 e. The monoisotopic (exact) mass is 337 g/mol. The lowest BCUT2D eigenvalue weighted by atomic mass is 10.1. The van der Waals surface area contributed by atoms with Crippen LogP contribution in [-0.4, -0.2) is 25.9 Å². The molecule has 1 aliphatic heterocycles. The van der Waals surface area contributed by atoms with Gasteiger partial charge in [0.15, 0.2) is 4.83 Å². The van der Waals surface area contributed by atoms with Crippen LogP contribution in [0.2, 0.25) is 0 Å². The van der Waals surface area contributed by atoms with Gasteiger partial charge in [0.05, 0.1) is 5.70 Å². The van der Waals surface area contributed by atoms with Crippen molar-refractivity contribution in [3.05, 3.63) is 52.1 Å². The highest BCUT2D eigenvalue weighted by molar-refractivity contribution is 8.05. The van der Waals surface area contributed by atoms with Crippen molar-refractivity contribution >= 4 is 35.0 Å². The van der Waals surface area contributed by atoms with Gasteiger partial charge in [0.25, 0.3) is 0 Å². The highest BCUT2D eigenvalue weighted by Crippen LogP contribution is 2.50. The van der Waals surface area contributed by atoms with Gasteiger partial charge in [0, 0.05) is 10.5 Å². The highest BCUT2D eigenvalue weighted by Gasteiger charge is 2.40. The summed E-state index contributed by atoms with van der Waals surface area (Å²) in [7, 11) is 0. The largest absolute Gasteiger partial charge is 0.477 e. The molecule has 0 bridgehead atoms. The Morgan fingerprint density at radius 2 is 2.05 bits per heavy atom. The third kappa shape index (κ3) is 2.33. The number of aliphatic hydroxyl groups is 1. The second kappa shape index (κ2) is 5.65. The molecule has 0 saturated heterocycles. The third-order valence-electron chi connectivity index (χ3n) is 3.76. The van der Waals surface area contributed by atoms with Gasteiger partial charge >= 0.3 is 5.97 Å². The van der Waals surface area contributed by atoms with Crippen LogP contribution in [0.1, 0.15) is 31.1 Å². The summed E-state index contributed by atoms with van der Waals surface area (Å²) in [4.78, 5) is 13.6. The van der Waals surface area contributed by atoms with Crippen molar-refractivity contribution in [3.63, 3.8) is 0 Å². The number of carboxylic acids is 1. The van der Waals surface area contributed by atoms with E-state index in [0.29, 0.717) is 5.70 Å². The molecule has 22 heavy (non-hydrogen) atoms. The number of hydrogen-bond donors (Lipinski definition) is 2. The topological polar surface area (TPSA) is 60.8 Å². The van der Waals surface area contributed by atoms with Crippen LogP contribution in [0.4, 0.5) is 0 Å². The maximum absolute atomic E-state index is 11.8. The summed E-state index contributed by atoms with van der Waals surface area (Å²) in [6.07, 6.45) is 0.922. The minimum absolute atomic E-state index is 0.0736. The van der Waals surface area contributed by atoms with Crippen LogP contribution in [-0.2, 0) is 4.79 Å². The first-order valence-electron chi connectivity index (χ1n) is 6.98. The van der Waals surface area contributed by atoms with Crippen molar-refractivity contribution < 1.29 is 15.0 Å². The van der Waals surface area contributed by atoms with E-state index < -0.39 is 16.9 Å². The highest BCUT2D eigenvalue weighted by atomic mass is 35.5. The first kappa shape index (κ1) is 15.5. The van der Waals surface area contributed by atoms with Crippen molar-refractivity contribution in [2.75, 3.05) is 0 Å². The molecule has 1 aliphatic carbocycles. The minimum atomic E-state index is -1.00. The van der Waals surface area contributed by atoms with E-state index in [0.717, 1.165) is 16.0 Å². The van der Waals surface area contributed by atoms with E-state index in [2.05, 4.69) is 0 Å². The molecule has 1 heterocycles. The average Bonchev–Trinajstić information content (AvgIpc) is 2.97.